The molecule has 0 radical (unpaired) electrons. The number of hydrogen-bond acceptors (Lipinski definition) is 6. The van der Waals surface area contributed by atoms with Gasteiger partial charge >= 0.3 is 0 Å². The SMILES string of the molecule is CC(C)S(=O)(=O)n1c(N)nc2ccc(C(O)C3C=CC=CC3=N)cc21. The van der Waals surface area contributed by atoms with E-state index in [1.54, 1.807) is 56.4 Å². The lowest BCUT2D eigenvalue weighted by molar-refractivity contribution is 0.158. The molecule has 2 unspecified atom stereocenters. The van der Waals surface area contributed by atoms with E-state index < -0.39 is 27.3 Å². The van der Waals surface area contributed by atoms with Crippen LogP contribution in [0.25, 0.3) is 11.0 Å². The number of nitrogens with two attached hydrogens (primary N) is 1. The summed E-state index contributed by atoms with van der Waals surface area (Å²) in [4.78, 5) is 4.10. The van der Waals surface area contributed by atoms with Crippen LogP contribution in [-0.2, 0) is 10.0 Å². The molecule has 2 aromatic rings. The number of nitrogen functional groups attached to an aromatic ring is 1. The van der Waals surface area contributed by atoms with Gasteiger partial charge in [0.15, 0.2) is 0 Å². The summed E-state index contributed by atoms with van der Waals surface area (Å²) in [5, 5.41) is 17.9. The van der Waals surface area contributed by atoms with Gasteiger partial charge in [0, 0.05) is 11.6 Å². The van der Waals surface area contributed by atoms with Crippen molar-refractivity contribution in [1.82, 2.24) is 8.96 Å². The first-order chi connectivity index (χ1) is 11.7. The van der Waals surface area contributed by atoms with Crippen LogP contribution in [0.15, 0.2) is 42.5 Å². The van der Waals surface area contributed by atoms with Crippen LogP contribution in [0.3, 0.4) is 0 Å². The van der Waals surface area contributed by atoms with Crippen molar-refractivity contribution < 1.29 is 13.5 Å². The van der Waals surface area contributed by atoms with E-state index in [1.807, 2.05) is 0 Å². The molecule has 132 valence electrons. The second kappa shape index (κ2) is 6.12. The number of fused-ring (bicyclic) bond motifs is 1. The highest BCUT2D eigenvalue weighted by molar-refractivity contribution is 7.90. The van der Waals surface area contributed by atoms with E-state index in [4.69, 9.17) is 11.1 Å². The van der Waals surface area contributed by atoms with Gasteiger partial charge in [-0.3, -0.25) is 0 Å². The molecule has 0 saturated heterocycles. The summed E-state index contributed by atoms with van der Waals surface area (Å²) in [6.45, 7) is 3.14. The zero-order chi connectivity index (χ0) is 18.4. The molecule has 0 aliphatic heterocycles. The summed E-state index contributed by atoms with van der Waals surface area (Å²) >= 11 is 0. The number of anilines is 1. The average molecular weight is 360 g/mol. The number of nitrogens with zero attached hydrogens (tertiary/aromatic N) is 2. The number of aliphatic hydroxyl groups excluding tert-OH is 1. The highest BCUT2D eigenvalue weighted by Gasteiger charge is 2.27. The van der Waals surface area contributed by atoms with Crippen LogP contribution in [0, 0.1) is 11.3 Å². The van der Waals surface area contributed by atoms with Gasteiger partial charge in [0.05, 0.1) is 22.4 Å². The lowest BCUT2D eigenvalue weighted by Crippen LogP contribution is -2.24. The topological polar surface area (TPSA) is 122 Å². The summed E-state index contributed by atoms with van der Waals surface area (Å²) in [6.07, 6.45) is 5.91. The third kappa shape index (κ3) is 2.87. The van der Waals surface area contributed by atoms with Crippen molar-refractivity contribution in [3.63, 3.8) is 0 Å². The predicted molar refractivity (Wildman–Crippen MR) is 98.1 cm³/mol. The van der Waals surface area contributed by atoms with Crippen LogP contribution in [0.5, 0.6) is 0 Å². The Morgan fingerprint density at radius 3 is 2.68 bits per heavy atom. The van der Waals surface area contributed by atoms with Crippen molar-refractivity contribution in [3.8, 4) is 0 Å². The normalized spacial score (nSPS) is 19.0. The van der Waals surface area contributed by atoms with E-state index in [0.717, 1.165) is 3.97 Å². The van der Waals surface area contributed by atoms with E-state index in [-0.39, 0.29) is 11.7 Å². The van der Waals surface area contributed by atoms with Crippen molar-refractivity contribution >= 4 is 32.7 Å². The van der Waals surface area contributed by atoms with Crippen molar-refractivity contribution in [3.05, 3.63) is 48.1 Å². The summed E-state index contributed by atoms with van der Waals surface area (Å²) in [6, 6.07) is 4.87. The molecular weight excluding hydrogens is 340 g/mol. The van der Waals surface area contributed by atoms with Gasteiger partial charge in [-0.2, -0.15) is 0 Å². The van der Waals surface area contributed by atoms with Crippen LogP contribution in [0.4, 0.5) is 5.95 Å². The highest BCUT2D eigenvalue weighted by Crippen LogP contribution is 2.30. The van der Waals surface area contributed by atoms with Gasteiger partial charge in [0.1, 0.15) is 0 Å². The summed E-state index contributed by atoms with van der Waals surface area (Å²) in [7, 11) is -3.69. The molecule has 0 spiro atoms. The molecule has 0 fully saturated rings. The number of aromatic nitrogens is 2. The van der Waals surface area contributed by atoms with E-state index in [2.05, 4.69) is 4.98 Å². The molecular formula is C17H20N4O3S. The first-order valence-corrected chi connectivity index (χ1v) is 9.37. The van der Waals surface area contributed by atoms with Crippen LogP contribution in [-0.4, -0.2) is 33.4 Å². The Kier molecular flexibility index (Phi) is 4.26. The maximum Gasteiger partial charge on any atom is 0.244 e. The largest absolute Gasteiger partial charge is 0.387 e. The minimum atomic E-state index is -3.69. The Hall–Kier alpha value is -2.45. The van der Waals surface area contributed by atoms with Gasteiger partial charge in [-0.15, -0.1) is 0 Å². The van der Waals surface area contributed by atoms with Crippen molar-refractivity contribution in [1.29, 1.82) is 5.41 Å². The molecule has 3 rings (SSSR count). The minimum absolute atomic E-state index is 0.108. The standard InChI is InChI=1S/C17H20N4O3S/c1-10(2)25(23,24)21-15-9-11(7-8-14(15)20-17(21)19)16(22)12-5-3-4-6-13(12)18/h3-10,12,16,18,22H,1-2H3,(H2,19,20). The van der Waals surface area contributed by atoms with Gasteiger partial charge in [0.25, 0.3) is 0 Å². The molecule has 1 aliphatic carbocycles. The lowest BCUT2D eigenvalue weighted by atomic mass is 9.88. The Bertz CT molecular complexity index is 1000. The van der Waals surface area contributed by atoms with E-state index in [9.17, 15) is 13.5 Å². The van der Waals surface area contributed by atoms with Crippen LogP contribution < -0.4 is 5.73 Å². The molecule has 0 saturated carbocycles. The fourth-order valence-electron chi connectivity index (χ4n) is 2.79. The van der Waals surface area contributed by atoms with Crippen LogP contribution >= 0.6 is 0 Å². The summed E-state index contributed by atoms with van der Waals surface area (Å²) < 4.78 is 26.2. The van der Waals surface area contributed by atoms with E-state index in [1.165, 1.54) is 0 Å². The van der Waals surface area contributed by atoms with Gasteiger partial charge in [0.2, 0.25) is 16.0 Å². The quantitative estimate of drug-likeness (QED) is 0.770. The molecule has 1 aromatic heterocycles. The van der Waals surface area contributed by atoms with E-state index in [0.29, 0.717) is 16.6 Å². The van der Waals surface area contributed by atoms with Gasteiger partial charge in [-0.1, -0.05) is 24.3 Å². The second-order valence-corrected chi connectivity index (χ2v) is 8.58. The van der Waals surface area contributed by atoms with Gasteiger partial charge in [-0.05, 0) is 37.6 Å². The minimum Gasteiger partial charge on any atom is -0.387 e. The average Bonchev–Trinajstić information content (AvgIpc) is 2.89. The second-order valence-electron chi connectivity index (χ2n) is 6.25. The number of aliphatic hydroxyl groups is 1. The zero-order valence-corrected chi connectivity index (χ0v) is 14.7. The number of rotatable bonds is 4. The monoisotopic (exact) mass is 360 g/mol. The molecule has 1 aliphatic rings. The van der Waals surface area contributed by atoms with Crippen molar-refractivity contribution in [2.75, 3.05) is 5.73 Å². The number of imidazole rings is 1. The van der Waals surface area contributed by atoms with Crippen molar-refractivity contribution in [2.45, 2.75) is 25.2 Å². The molecule has 7 nitrogen and oxygen atoms in total. The number of nitrogens with one attached hydrogen (secondary N) is 1. The third-order valence-corrected chi connectivity index (χ3v) is 6.34. The highest BCUT2D eigenvalue weighted by atomic mass is 32.2. The number of hydrogen-bond donors (Lipinski definition) is 3. The molecule has 1 heterocycles. The number of allylic oxidation sites excluding steroid dienone is 3. The molecule has 1 aromatic carbocycles. The molecule has 25 heavy (non-hydrogen) atoms. The Morgan fingerprint density at radius 2 is 2.04 bits per heavy atom. The molecule has 4 N–H and O–H groups in total. The third-order valence-electron chi connectivity index (χ3n) is 4.26. The van der Waals surface area contributed by atoms with Gasteiger partial charge in [-0.25, -0.2) is 17.4 Å². The predicted octanol–water partition coefficient (Wildman–Crippen LogP) is 2.00. The Morgan fingerprint density at radius 1 is 1.32 bits per heavy atom. The first-order valence-electron chi connectivity index (χ1n) is 7.87. The molecule has 0 amide bonds. The van der Waals surface area contributed by atoms with Crippen molar-refractivity contribution in [2.24, 2.45) is 5.92 Å². The first kappa shape index (κ1) is 17.4. The molecule has 2 atom stereocenters. The Balaban J connectivity index is 2.13. The van der Waals surface area contributed by atoms with Crippen LogP contribution in [0.1, 0.15) is 25.5 Å². The molecule has 0 bridgehead atoms. The maximum absolute atomic E-state index is 12.6. The fraction of sp³-hybridized carbons (Fsp3) is 0.294. The van der Waals surface area contributed by atoms with Crippen LogP contribution in [0.2, 0.25) is 0 Å². The maximum atomic E-state index is 12.6. The molecule has 8 heteroatoms. The lowest BCUT2D eigenvalue weighted by Gasteiger charge is -2.21. The Labute approximate surface area is 146 Å². The number of benzene rings is 1. The van der Waals surface area contributed by atoms with Gasteiger partial charge < -0.3 is 16.2 Å². The zero-order valence-electron chi connectivity index (χ0n) is 13.9. The fourth-order valence-corrected chi connectivity index (χ4v) is 3.94. The smallest absolute Gasteiger partial charge is 0.244 e. The summed E-state index contributed by atoms with van der Waals surface area (Å²) in [5.74, 6) is -0.596. The van der Waals surface area contributed by atoms with E-state index >= 15 is 0 Å². The summed E-state index contributed by atoms with van der Waals surface area (Å²) in [5.41, 5.74) is 7.38.